The lowest BCUT2D eigenvalue weighted by Crippen LogP contribution is -2.23. The minimum atomic E-state index is -4.81. The Balaban J connectivity index is 1.74. The van der Waals surface area contributed by atoms with Crippen molar-refractivity contribution in [3.63, 3.8) is 0 Å². The molecule has 3 rings (SSSR count). The zero-order valence-corrected chi connectivity index (χ0v) is 16.9. The van der Waals surface area contributed by atoms with Crippen molar-refractivity contribution in [1.29, 1.82) is 0 Å². The summed E-state index contributed by atoms with van der Waals surface area (Å²) in [7, 11) is 1.40. The van der Waals surface area contributed by atoms with Gasteiger partial charge in [0.25, 0.3) is 5.91 Å². The average molecular weight is 454 g/mol. The minimum absolute atomic E-state index is 0.0402. The van der Waals surface area contributed by atoms with Gasteiger partial charge in [-0.3, -0.25) is 14.6 Å². The van der Waals surface area contributed by atoms with Crippen molar-refractivity contribution >= 4 is 17.2 Å². The van der Waals surface area contributed by atoms with Gasteiger partial charge in [0.1, 0.15) is 11.5 Å². The Morgan fingerprint density at radius 2 is 1.97 bits per heavy atom. The maximum atomic E-state index is 12.7. The van der Waals surface area contributed by atoms with Crippen molar-refractivity contribution in [3.8, 4) is 17.4 Å². The highest BCUT2D eigenvalue weighted by atomic mass is 32.1. The highest BCUT2D eigenvalue weighted by molar-refractivity contribution is 7.09. The first-order valence-corrected chi connectivity index (χ1v) is 9.67. The number of thiazole rings is 1. The van der Waals surface area contributed by atoms with Gasteiger partial charge in [0.05, 0.1) is 17.6 Å². The second kappa shape index (κ2) is 9.13. The molecule has 1 heterocycles. The fourth-order valence-electron chi connectivity index (χ4n) is 2.83. The number of nitrogens with one attached hydrogen (secondary N) is 2. The molecule has 0 aliphatic heterocycles. The number of carbonyl (C=O) groups excluding carboxylic acids is 1. The number of methoxy groups -OCH3 is 1. The van der Waals surface area contributed by atoms with Crippen molar-refractivity contribution in [1.82, 2.24) is 10.3 Å². The third-order valence-corrected chi connectivity index (χ3v) is 5.03. The lowest BCUT2D eigenvalue weighted by atomic mass is 10.1. The number of ether oxygens (including phenoxy) is 2. The van der Waals surface area contributed by atoms with Gasteiger partial charge >= 0.3 is 11.2 Å². The Bertz CT molecular complexity index is 1140. The van der Waals surface area contributed by atoms with Crippen molar-refractivity contribution in [2.24, 2.45) is 0 Å². The molecule has 0 bridgehead atoms. The van der Waals surface area contributed by atoms with Crippen LogP contribution >= 0.6 is 11.3 Å². The van der Waals surface area contributed by atoms with Crippen molar-refractivity contribution in [2.45, 2.75) is 19.3 Å². The van der Waals surface area contributed by atoms with Gasteiger partial charge in [-0.05, 0) is 35.4 Å². The summed E-state index contributed by atoms with van der Waals surface area (Å²) in [6.07, 6.45) is -4.59. The van der Waals surface area contributed by atoms with Crippen molar-refractivity contribution in [3.05, 3.63) is 73.7 Å². The summed E-state index contributed by atoms with van der Waals surface area (Å²) < 4.78 is 46.2. The predicted octanol–water partition coefficient (Wildman–Crippen LogP) is 3.57. The second-order valence-electron chi connectivity index (χ2n) is 6.38. The normalized spacial score (nSPS) is 11.2. The number of amides is 1. The summed E-state index contributed by atoms with van der Waals surface area (Å²) in [4.78, 5) is 26.3. The van der Waals surface area contributed by atoms with Gasteiger partial charge in [0.2, 0.25) is 5.88 Å². The molecule has 0 saturated heterocycles. The van der Waals surface area contributed by atoms with Crippen LogP contribution in [-0.2, 0) is 13.0 Å². The Hall–Kier alpha value is -3.47. The van der Waals surface area contributed by atoms with Crippen LogP contribution in [0.2, 0.25) is 0 Å². The molecule has 0 radical (unpaired) electrons. The second-order valence-corrected chi connectivity index (χ2v) is 7.44. The van der Waals surface area contributed by atoms with Gasteiger partial charge in [-0.25, -0.2) is 0 Å². The lowest BCUT2D eigenvalue weighted by molar-refractivity contribution is -0.274. The fraction of sp³-hybridized carbons (Fsp3) is 0.200. The van der Waals surface area contributed by atoms with E-state index in [2.05, 4.69) is 15.0 Å². The van der Waals surface area contributed by atoms with Gasteiger partial charge in [-0.1, -0.05) is 29.5 Å². The predicted molar refractivity (Wildman–Crippen MR) is 107 cm³/mol. The van der Waals surface area contributed by atoms with E-state index in [9.17, 15) is 27.9 Å². The number of aromatic nitrogens is 1. The highest BCUT2D eigenvalue weighted by Gasteiger charge is 2.31. The van der Waals surface area contributed by atoms with E-state index in [0.717, 1.165) is 17.4 Å². The average Bonchev–Trinajstić information content (AvgIpc) is 3.01. The number of aromatic hydroxyl groups is 1. The monoisotopic (exact) mass is 454 g/mol. The number of halogens is 3. The Labute approximate surface area is 178 Å². The number of alkyl halides is 3. The van der Waals surface area contributed by atoms with Gasteiger partial charge in [0, 0.05) is 13.0 Å². The zero-order valence-electron chi connectivity index (χ0n) is 16.1. The SMILES string of the molecule is COc1ccc(Cc2sc(=O)[nH]c2O)cc1C(=O)NCc1cccc(OC(F)(F)F)c1. The van der Waals surface area contributed by atoms with Gasteiger partial charge in [-0.2, -0.15) is 0 Å². The van der Waals surface area contributed by atoms with Crippen LogP contribution in [0.3, 0.4) is 0 Å². The van der Waals surface area contributed by atoms with Crippen LogP contribution in [0.5, 0.6) is 17.4 Å². The number of benzene rings is 2. The van der Waals surface area contributed by atoms with E-state index in [0.29, 0.717) is 21.8 Å². The minimum Gasteiger partial charge on any atom is -0.496 e. The first-order chi connectivity index (χ1) is 14.6. The molecule has 7 nitrogen and oxygen atoms in total. The molecule has 1 aromatic heterocycles. The summed E-state index contributed by atoms with van der Waals surface area (Å²) in [5, 5.41) is 12.4. The molecule has 1 amide bonds. The molecule has 0 saturated carbocycles. The molecular weight excluding hydrogens is 437 g/mol. The molecule has 0 aliphatic carbocycles. The Morgan fingerprint density at radius 3 is 2.61 bits per heavy atom. The fourth-order valence-corrected chi connectivity index (χ4v) is 3.59. The number of H-pyrrole nitrogens is 1. The quantitative estimate of drug-likeness (QED) is 0.507. The molecule has 0 atom stereocenters. The topological polar surface area (TPSA) is 101 Å². The van der Waals surface area contributed by atoms with Crippen LogP contribution in [0.25, 0.3) is 0 Å². The van der Waals surface area contributed by atoms with Gasteiger partial charge in [0.15, 0.2) is 0 Å². The van der Waals surface area contributed by atoms with Crippen LogP contribution in [0, 0.1) is 0 Å². The van der Waals surface area contributed by atoms with Crippen LogP contribution in [0.15, 0.2) is 47.3 Å². The molecule has 3 aromatic rings. The number of hydrogen-bond donors (Lipinski definition) is 3. The van der Waals surface area contributed by atoms with Gasteiger partial charge in [-0.15, -0.1) is 13.2 Å². The van der Waals surface area contributed by atoms with E-state index in [1.807, 2.05) is 0 Å². The number of aromatic amines is 1. The Morgan fingerprint density at radius 1 is 1.19 bits per heavy atom. The highest BCUT2D eigenvalue weighted by Crippen LogP contribution is 2.26. The summed E-state index contributed by atoms with van der Waals surface area (Å²) in [5.41, 5.74) is 1.26. The first-order valence-electron chi connectivity index (χ1n) is 8.85. The summed E-state index contributed by atoms with van der Waals surface area (Å²) in [5.74, 6) is -0.823. The van der Waals surface area contributed by atoms with E-state index in [-0.39, 0.29) is 30.2 Å². The largest absolute Gasteiger partial charge is 0.573 e. The van der Waals surface area contributed by atoms with Gasteiger partial charge < -0.3 is 19.9 Å². The molecule has 164 valence electrons. The van der Waals surface area contributed by atoms with Crippen LogP contribution in [0.1, 0.15) is 26.4 Å². The molecule has 0 aliphatic rings. The van der Waals surface area contributed by atoms with E-state index >= 15 is 0 Å². The summed E-state index contributed by atoms with van der Waals surface area (Å²) in [6.45, 7) is -0.0402. The molecule has 0 unspecified atom stereocenters. The van der Waals surface area contributed by atoms with E-state index < -0.39 is 17.1 Å². The van der Waals surface area contributed by atoms with E-state index in [4.69, 9.17) is 4.74 Å². The first kappa shape index (κ1) is 22.2. The van der Waals surface area contributed by atoms with Crippen LogP contribution < -0.4 is 19.7 Å². The lowest BCUT2D eigenvalue weighted by Gasteiger charge is -2.12. The third-order valence-electron chi connectivity index (χ3n) is 4.16. The zero-order chi connectivity index (χ0) is 22.6. The van der Waals surface area contributed by atoms with Crippen molar-refractivity contribution in [2.75, 3.05) is 7.11 Å². The summed E-state index contributed by atoms with van der Waals surface area (Å²) >= 11 is 0.861. The van der Waals surface area contributed by atoms with Crippen molar-refractivity contribution < 1.29 is 32.5 Å². The maximum absolute atomic E-state index is 12.7. The molecule has 2 aromatic carbocycles. The third kappa shape index (κ3) is 6.01. The molecule has 11 heteroatoms. The molecule has 0 fully saturated rings. The van der Waals surface area contributed by atoms with Crippen LogP contribution in [0.4, 0.5) is 13.2 Å². The molecular formula is C20H17F3N2O5S. The standard InChI is InChI=1S/C20H17F3N2O5S/c1-29-15-6-5-11(9-16-18(27)25-19(28)31-16)8-14(15)17(26)24-10-12-3-2-4-13(7-12)30-20(21,22)23/h2-8,27H,9-10H2,1H3,(H,24,26)(H,25,28). The maximum Gasteiger partial charge on any atom is 0.573 e. The number of carbonyl (C=O) groups is 1. The smallest absolute Gasteiger partial charge is 0.496 e. The molecule has 3 N–H and O–H groups in total. The Kier molecular flexibility index (Phi) is 6.54. The van der Waals surface area contributed by atoms with Crippen LogP contribution in [-0.4, -0.2) is 29.5 Å². The molecule has 0 spiro atoms. The summed E-state index contributed by atoms with van der Waals surface area (Å²) in [6, 6.07) is 10.1. The van der Waals surface area contributed by atoms with E-state index in [1.165, 1.54) is 19.2 Å². The number of rotatable bonds is 7. The van der Waals surface area contributed by atoms with E-state index in [1.54, 1.807) is 24.3 Å². The number of hydrogen-bond acceptors (Lipinski definition) is 6. The molecule has 31 heavy (non-hydrogen) atoms.